The van der Waals surface area contributed by atoms with Crippen LogP contribution in [0.4, 0.5) is 5.69 Å². The summed E-state index contributed by atoms with van der Waals surface area (Å²) in [6.45, 7) is 3.85. The van der Waals surface area contributed by atoms with Crippen molar-refractivity contribution in [3.05, 3.63) is 64.2 Å². The quantitative estimate of drug-likeness (QED) is 0.830. The smallest absolute Gasteiger partial charge is 0.248 e. The van der Waals surface area contributed by atoms with Crippen LogP contribution in [0, 0.1) is 13.8 Å². The van der Waals surface area contributed by atoms with E-state index in [2.05, 4.69) is 5.32 Å². The zero-order valence-corrected chi connectivity index (χ0v) is 12.6. The van der Waals surface area contributed by atoms with Crippen molar-refractivity contribution in [2.75, 3.05) is 5.32 Å². The van der Waals surface area contributed by atoms with Crippen LogP contribution in [0.15, 0.2) is 42.5 Å². The molecule has 4 heteroatoms. The molecule has 0 aliphatic carbocycles. The first-order valence-corrected chi connectivity index (χ1v) is 6.88. The molecular weight excluding hydrogens is 286 g/mol. The van der Waals surface area contributed by atoms with Crippen LogP contribution < -0.4 is 5.32 Å². The molecule has 0 fully saturated rings. The lowest BCUT2D eigenvalue weighted by atomic mass is 10.1. The van der Waals surface area contributed by atoms with Gasteiger partial charge in [0.15, 0.2) is 0 Å². The minimum absolute atomic E-state index is 0.193. The number of amides is 1. The Labute approximate surface area is 128 Å². The minimum Gasteiger partial charge on any atom is -0.508 e. The molecule has 108 valence electrons. The van der Waals surface area contributed by atoms with Crippen LogP contribution in [0.3, 0.4) is 0 Å². The summed E-state index contributed by atoms with van der Waals surface area (Å²) >= 11 is 6.15. The number of hydrogen-bond acceptors (Lipinski definition) is 2. The number of aryl methyl sites for hydroxylation is 2. The molecule has 2 N–H and O–H groups in total. The lowest BCUT2D eigenvalue weighted by molar-refractivity contribution is -0.111. The SMILES string of the molecule is Cc1cc(C)c(NC(=O)/C=C/c2ccc(O)cc2)c(Cl)c1. The van der Waals surface area contributed by atoms with Crippen LogP contribution in [-0.2, 0) is 4.79 Å². The first-order chi connectivity index (χ1) is 9.95. The number of aromatic hydroxyl groups is 1. The zero-order chi connectivity index (χ0) is 15.4. The molecule has 2 aromatic rings. The topological polar surface area (TPSA) is 49.3 Å². The molecule has 2 rings (SSSR count). The van der Waals surface area contributed by atoms with Gasteiger partial charge in [-0.25, -0.2) is 0 Å². The summed E-state index contributed by atoms with van der Waals surface area (Å²) in [7, 11) is 0. The summed E-state index contributed by atoms with van der Waals surface area (Å²) in [5.41, 5.74) is 3.43. The Bertz CT molecular complexity index is 667. The Kier molecular flexibility index (Phi) is 4.66. The van der Waals surface area contributed by atoms with Gasteiger partial charge in [0, 0.05) is 6.08 Å². The predicted molar refractivity (Wildman–Crippen MR) is 86.7 cm³/mol. The van der Waals surface area contributed by atoms with Gasteiger partial charge in [-0.05, 0) is 54.8 Å². The van der Waals surface area contributed by atoms with Crippen molar-refractivity contribution in [2.45, 2.75) is 13.8 Å². The standard InChI is InChI=1S/C17H16ClNO2/c1-11-9-12(2)17(15(18)10-11)19-16(21)8-5-13-3-6-14(20)7-4-13/h3-10,20H,1-2H3,(H,19,21)/b8-5+. The van der Waals surface area contributed by atoms with E-state index in [1.165, 1.54) is 6.08 Å². The third kappa shape index (κ3) is 4.10. The molecule has 0 saturated carbocycles. The minimum atomic E-state index is -0.253. The highest BCUT2D eigenvalue weighted by atomic mass is 35.5. The fourth-order valence-corrected chi connectivity index (χ4v) is 2.36. The molecule has 0 aromatic heterocycles. The number of hydrogen-bond donors (Lipinski definition) is 2. The van der Waals surface area contributed by atoms with E-state index in [0.29, 0.717) is 10.7 Å². The predicted octanol–water partition coefficient (Wildman–Crippen LogP) is 4.31. The highest BCUT2D eigenvalue weighted by Gasteiger charge is 2.07. The molecule has 1 amide bonds. The zero-order valence-electron chi connectivity index (χ0n) is 11.9. The molecule has 0 bridgehead atoms. The number of benzene rings is 2. The largest absolute Gasteiger partial charge is 0.508 e. The molecular formula is C17H16ClNO2. The first-order valence-electron chi connectivity index (χ1n) is 6.50. The van der Waals surface area contributed by atoms with E-state index in [-0.39, 0.29) is 11.7 Å². The van der Waals surface area contributed by atoms with Gasteiger partial charge in [-0.15, -0.1) is 0 Å². The second kappa shape index (κ2) is 6.46. The maximum atomic E-state index is 11.9. The lowest BCUT2D eigenvalue weighted by Crippen LogP contribution is -2.09. The van der Waals surface area contributed by atoms with Crippen molar-refractivity contribution in [1.82, 2.24) is 0 Å². The number of halogens is 1. The van der Waals surface area contributed by atoms with Crippen LogP contribution >= 0.6 is 11.6 Å². The number of phenols is 1. The molecule has 0 spiro atoms. The lowest BCUT2D eigenvalue weighted by Gasteiger charge is -2.10. The maximum Gasteiger partial charge on any atom is 0.248 e. The van der Waals surface area contributed by atoms with Gasteiger partial charge in [0.2, 0.25) is 5.91 Å². The average molecular weight is 302 g/mol. The van der Waals surface area contributed by atoms with Crippen molar-refractivity contribution >= 4 is 29.3 Å². The highest BCUT2D eigenvalue weighted by molar-refractivity contribution is 6.34. The molecule has 0 unspecified atom stereocenters. The summed E-state index contributed by atoms with van der Waals surface area (Å²) < 4.78 is 0. The molecule has 0 aliphatic heterocycles. The Hall–Kier alpha value is -2.26. The second-order valence-electron chi connectivity index (χ2n) is 4.85. The van der Waals surface area contributed by atoms with Crippen LogP contribution in [0.2, 0.25) is 5.02 Å². The summed E-state index contributed by atoms with van der Waals surface area (Å²) in [4.78, 5) is 11.9. The van der Waals surface area contributed by atoms with Gasteiger partial charge in [0.05, 0.1) is 10.7 Å². The monoisotopic (exact) mass is 301 g/mol. The molecule has 3 nitrogen and oxygen atoms in total. The number of rotatable bonds is 3. The fraction of sp³-hybridized carbons (Fsp3) is 0.118. The van der Waals surface area contributed by atoms with E-state index in [4.69, 9.17) is 11.6 Å². The second-order valence-corrected chi connectivity index (χ2v) is 5.26. The third-order valence-corrected chi connectivity index (χ3v) is 3.30. The van der Waals surface area contributed by atoms with Gasteiger partial charge in [0.25, 0.3) is 0 Å². The van der Waals surface area contributed by atoms with E-state index in [0.717, 1.165) is 16.7 Å². The number of nitrogens with one attached hydrogen (secondary N) is 1. The van der Waals surface area contributed by atoms with Crippen molar-refractivity contribution in [3.8, 4) is 5.75 Å². The van der Waals surface area contributed by atoms with Gasteiger partial charge in [-0.3, -0.25) is 4.79 Å². The van der Waals surface area contributed by atoms with Gasteiger partial charge in [-0.2, -0.15) is 0 Å². The molecule has 0 aliphatic rings. The van der Waals surface area contributed by atoms with E-state index in [1.54, 1.807) is 30.3 Å². The molecule has 0 atom stereocenters. The summed E-state index contributed by atoms with van der Waals surface area (Å²) in [6, 6.07) is 10.4. The number of carbonyl (C=O) groups excluding carboxylic acids is 1. The molecule has 2 aromatic carbocycles. The average Bonchev–Trinajstić information content (AvgIpc) is 2.42. The Balaban J connectivity index is 2.10. The van der Waals surface area contributed by atoms with Crippen molar-refractivity contribution in [1.29, 1.82) is 0 Å². The summed E-state index contributed by atoms with van der Waals surface area (Å²) in [5, 5.41) is 12.5. The summed E-state index contributed by atoms with van der Waals surface area (Å²) in [6.07, 6.45) is 3.11. The van der Waals surface area contributed by atoms with Crippen LogP contribution in [-0.4, -0.2) is 11.0 Å². The van der Waals surface area contributed by atoms with Crippen molar-refractivity contribution in [2.24, 2.45) is 0 Å². The van der Waals surface area contributed by atoms with E-state index < -0.39 is 0 Å². The maximum absolute atomic E-state index is 11.9. The Morgan fingerprint density at radius 3 is 2.48 bits per heavy atom. The Morgan fingerprint density at radius 1 is 1.19 bits per heavy atom. The number of anilines is 1. The van der Waals surface area contributed by atoms with Gasteiger partial charge in [0.1, 0.15) is 5.75 Å². The number of phenolic OH excluding ortho intramolecular Hbond substituents is 1. The van der Waals surface area contributed by atoms with Gasteiger partial charge < -0.3 is 10.4 Å². The van der Waals surface area contributed by atoms with E-state index in [9.17, 15) is 9.90 Å². The van der Waals surface area contributed by atoms with Crippen LogP contribution in [0.5, 0.6) is 5.75 Å². The van der Waals surface area contributed by atoms with Crippen molar-refractivity contribution < 1.29 is 9.90 Å². The van der Waals surface area contributed by atoms with E-state index >= 15 is 0 Å². The molecule has 0 heterocycles. The first kappa shape index (κ1) is 15.1. The normalized spacial score (nSPS) is 10.8. The number of carbonyl (C=O) groups is 1. The molecule has 0 saturated heterocycles. The van der Waals surface area contributed by atoms with Crippen molar-refractivity contribution in [3.63, 3.8) is 0 Å². The third-order valence-electron chi connectivity index (χ3n) is 3.00. The van der Waals surface area contributed by atoms with Gasteiger partial charge in [-0.1, -0.05) is 29.8 Å². The van der Waals surface area contributed by atoms with E-state index in [1.807, 2.05) is 26.0 Å². The van der Waals surface area contributed by atoms with Crippen LogP contribution in [0.25, 0.3) is 6.08 Å². The highest BCUT2D eigenvalue weighted by Crippen LogP contribution is 2.27. The molecule has 21 heavy (non-hydrogen) atoms. The van der Waals surface area contributed by atoms with Gasteiger partial charge >= 0.3 is 0 Å². The van der Waals surface area contributed by atoms with Crippen LogP contribution in [0.1, 0.15) is 16.7 Å². The fourth-order valence-electron chi connectivity index (χ4n) is 2.00. The Morgan fingerprint density at radius 2 is 1.86 bits per heavy atom. The molecule has 0 radical (unpaired) electrons. The summed E-state index contributed by atoms with van der Waals surface area (Å²) in [5.74, 6) is -0.0596.